The second-order valence-corrected chi connectivity index (χ2v) is 23.4. The molecule has 4 unspecified atom stereocenters. The number of para-hydroxylation sites is 3. The van der Waals surface area contributed by atoms with Gasteiger partial charge in [-0.1, -0.05) is 202 Å². The van der Waals surface area contributed by atoms with E-state index >= 15 is 0 Å². The lowest BCUT2D eigenvalue weighted by molar-refractivity contribution is -0.336. The smallest absolute Gasteiger partial charge is 0.423 e. The molecule has 0 amide bonds. The molecular formula is C76H112O23S2. The van der Waals surface area contributed by atoms with Gasteiger partial charge in [-0.05, 0) is 56.2 Å². The molecule has 4 aromatic rings. The molecule has 0 aliphatic heterocycles. The van der Waals surface area contributed by atoms with Gasteiger partial charge in [-0.2, -0.15) is 25.3 Å². The predicted octanol–water partition coefficient (Wildman–Crippen LogP) is 14.4. The lowest BCUT2D eigenvalue weighted by Crippen LogP contribution is -2.46. The van der Waals surface area contributed by atoms with Gasteiger partial charge in [0.1, 0.15) is 56.9 Å². The van der Waals surface area contributed by atoms with Gasteiger partial charge in [0.15, 0.2) is 12.2 Å². The quantitative estimate of drug-likeness (QED) is 0.0106. The minimum absolute atomic E-state index is 0. The Bertz CT molecular complexity index is 2780. The molecule has 23 nitrogen and oxygen atoms in total. The van der Waals surface area contributed by atoms with Crippen LogP contribution in [0, 0.1) is 24.7 Å². The summed E-state index contributed by atoms with van der Waals surface area (Å²) in [6, 6.07) is 37.3. The molecule has 0 saturated carbocycles. The van der Waals surface area contributed by atoms with Gasteiger partial charge >= 0.3 is 65.7 Å². The summed E-state index contributed by atoms with van der Waals surface area (Å²) in [5.74, 6) is -7.04. The monoisotopic (exact) mass is 1460 g/mol. The summed E-state index contributed by atoms with van der Waals surface area (Å²) in [5.41, 5.74) is 1.32. The van der Waals surface area contributed by atoms with Crippen molar-refractivity contribution in [2.45, 2.75) is 173 Å². The van der Waals surface area contributed by atoms with Gasteiger partial charge in [-0.25, -0.2) is 14.4 Å². The number of benzene rings is 4. The van der Waals surface area contributed by atoms with Gasteiger partial charge in [0.25, 0.3) is 0 Å². The molecule has 566 valence electrons. The van der Waals surface area contributed by atoms with Crippen LogP contribution in [-0.4, -0.2) is 135 Å². The van der Waals surface area contributed by atoms with Gasteiger partial charge in [0.2, 0.25) is 6.79 Å². The van der Waals surface area contributed by atoms with Gasteiger partial charge < -0.3 is 61.6 Å². The molecule has 0 aliphatic rings. The Labute approximate surface area is 610 Å². The fraction of sp³-hybridized carbons (Fsp3) is 0.474. The molecule has 4 rings (SSSR count). The van der Waals surface area contributed by atoms with Crippen molar-refractivity contribution in [1.29, 1.82) is 0 Å². The topological polar surface area (TPSA) is 291 Å². The van der Waals surface area contributed by atoms with E-state index in [4.69, 9.17) is 52.1 Å². The highest BCUT2D eigenvalue weighted by Crippen LogP contribution is 2.27. The van der Waals surface area contributed by atoms with Crippen molar-refractivity contribution in [3.8, 4) is 17.2 Å². The highest BCUT2D eigenvalue weighted by Gasteiger charge is 2.44. The van der Waals surface area contributed by atoms with Crippen molar-refractivity contribution in [3.63, 3.8) is 0 Å². The molecule has 0 radical (unpaired) electrons. The maximum atomic E-state index is 12.4. The first kappa shape index (κ1) is 101. The third-order valence-corrected chi connectivity index (χ3v) is 11.8. The van der Waals surface area contributed by atoms with Crippen molar-refractivity contribution < 1.29 is 110 Å². The van der Waals surface area contributed by atoms with Crippen LogP contribution >= 0.6 is 25.3 Å². The molecule has 0 fully saturated rings. The summed E-state index contributed by atoms with van der Waals surface area (Å²) in [6.07, 6.45) is 2.32. The molecule has 0 aliphatic carbocycles. The standard InChI is InChI=1S/C29H32O10.C16H28O6.C11H12O3.C9H16O4S2.C7H8.4CH4/c1-3-26(30)36-20-24(18-34-22-12-7-5-8-13-22)38-28(32)16-11-17-29(33)39-25(21-37-27(31)4-2)19-35-23-14-9-6-10-15-23;1-8-9-16(20-13(17)10(2)3,21-14(18)11(4)5)22-15(19)12(6)7;1-2-11(12)14-9-8-13-10-6-4-3-5-7-10;1-6(14)3-8(10)12-5-13-9(11)4-7(2)15;1-7-5-3-2-4-6-7;;;;/h3-10,12-15,24-25H,1-2,11,16-21H2;10-12H,8-9H2,1-7H3;2-7H,1,8-9H2;6-7,14-15H,3-5H2,1-2H3;2-6H,1H3;4*1H4. The van der Waals surface area contributed by atoms with E-state index < -0.39 is 95.6 Å². The summed E-state index contributed by atoms with van der Waals surface area (Å²) in [5, 5.41) is -0.128. The highest BCUT2D eigenvalue weighted by molar-refractivity contribution is 7.81. The summed E-state index contributed by atoms with van der Waals surface area (Å²) in [6.45, 7) is 27.0. The van der Waals surface area contributed by atoms with Crippen molar-refractivity contribution in [1.82, 2.24) is 0 Å². The molecule has 101 heavy (non-hydrogen) atoms. The maximum absolute atomic E-state index is 12.4. The van der Waals surface area contributed by atoms with Crippen molar-refractivity contribution in [2.24, 2.45) is 17.8 Å². The molecule has 0 bridgehead atoms. The Morgan fingerprint density at radius 2 is 0.743 bits per heavy atom. The number of esters is 10. The van der Waals surface area contributed by atoms with Crippen LogP contribution in [0.5, 0.6) is 17.2 Å². The second kappa shape index (κ2) is 60.8. The van der Waals surface area contributed by atoms with Crippen LogP contribution in [0.1, 0.15) is 143 Å². The van der Waals surface area contributed by atoms with E-state index in [2.05, 4.69) is 73.5 Å². The number of thiol groups is 2. The van der Waals surface area contributed by atoms with Crippen LogP contribution in [0.15, 0.2) is 159 Å². The zero-order valence-corrected chi connectivity index (χ0v) is 58.9. The first-order chi connectivity index (χ1) is 46.1. The Hall–Kier alpha value is -9.10. The SMILES string of the molecule is C.C.C.C.C=CC(=O)OCC(COc1ccccc1)OC(=O)CCCC(=O)OC(COC(=O)C=C)COc1ccccc1.C=CC(=O)OCCOc1ccccc1.CC(S)CC(=O)OCOC(=O)CC(C)S.CCCC(OC(=O)C(C)C)(OC(=O)C(C)C)OC(=O)C(C)C.Cc1ccccc1. The number of carbonyl (C=O) groups is 10. The number of ether oxygens (including phenoxy) is 13. The summed E-state index contributed by atoms with van der Waals surface area (Å²) >= 11 is 8.05. The van der Waals surface area contributed by atoms with Crippen LogP contribution in [0.4, 0.5) is 0 Å². The second-order valence-electron chi connectivity index (χ2n) is 21.6. The van der Waals surface area contributed by atoms with E-state index in [1.807, 2.05) is 67.6 Å². The molecule has 0 saturated heterocycles. The zero-order valence-electron chi connectivity index (χ0n) is 57.1. The fourth-order valence-electron chi connectivity index (χ4n) is 6.49. The average molecular weight is 1460 g/mol. The molecular weight excluding hydrogens is 1340 g/mol. The van der Waals surface area contributed by atoms with E-state index in [1.54, 1.807) is 104 Å². The van der Waals surface area contributed by atoms with E-state index in [-0.39, 0.29) is 119 Å². The molecule has 0 heterocycles. The zero-order chi connectivity index (χ0) is 73.0. The third-order valence-electron chi connectivity index (χ3n) is 11.4. The van der Waals surface area contributed by atoms with Gasteiger partial charge in [-0.15, -0.1) is 0 Å². The van der Waals surface area contributed by atoms with Crippen molar-refractivity contribution >= 4 is 85.0 Å². The van der Waals surface area contributed by atoms with E-state index in [0.29, 0.717) is 24.5 Å². The van der Waals surface area contributed by atoms with Crippen molar-refractivity contribution in [2.75, 3.05) is 46.4 Å². The Morgan fingerprint density at radius 3 is 1.03 bits per heavy atom. The summed E-state index contributed by atoms with van der Waals surface area (Å²) in [4.78, 5) is 116. The first-order valence-corrected chi connectivity index (χ1v) is 32.3. The number of hydrogen-bond acceptors (Lipinski definition) is 25. The predicted molar refractivity (Wildman–Crippen MR) is 395 cm³/mol. The van der Waals surface area contributed by atoms with Crippen LogP contribution in [-0.2, 0) is 95.3 Å². The number of rotatable bonds is 37. The van der Waals surface area contributed by atoms with E-state index in [9.17, 15) is 47.9 Å². The van der Waals surface area contributed by atoms with E-state index in [1.165, 1.54) is 5.56 Å². The molecule has 0 spiro atoms. The Morgan fingerprint density at radius 1 is 0.426 bits per heavy atom. The van der Waals surface area contributed by atoms with Gasteiger partial charge in [0.05, 0.1) is 37.0 Å². The lowest BCUT2D eigenvalue weighted by atomic mass is 10.2. The number of carbonyl (C=O) groups excluding carboxylic acids is 10. The minimum Gasteiger partial charge on any atom is -0.490 e. The van der Waals surface area contributed by atoms with E-state index in [0.717, 1.165) is 24.0 Å². The molecule has 4 atom stereocenters. The van der Waals surface area contributed by atoms with Crippen LogP contribution in [0.3, 0.4) is 0 Å². The van der Waals surface area contributed by atoms with Crippen molar-refractivity contribution in [3.05, 3.63) is 165 Å². The maximum Gasteiger partial charge on any atom is 0.423 e. The Balaban J connectivity index is -0.000000419. The Kier molecular flexibility index (Phi) is 60.6. The largest absolute Gasteiger partial charge is 0.490 e. The number of hydrogen-bond donors (Lipinski definition) is 2. The first-order valence-electron chi connectivity index (χ1n) is 31.2. The molecule has 25 heteroatoms. The van der Waals surface area contributed by atoms with Gasteiger partial charge in [0, 0.05) is 41.6 Å². The average Bonchev–Trinajstić information content (AvgIpc) is 0.828. The highest BCUT2D eigenvalue weighted by atomic mass is 32.1. The molecule has 4 aromatic carbocycles. The normalized spacial score (nSPS) is 11.0. The lowest BCUT2D eigenvalue weighted by Gasteiger charge is -2.32. The fourth-order valence-corrected chi connectivity index (χ4v) is 6.79. The van der Waals surface area contributed by atoms with Crippen LogP contribution < -0.4 is 14.2 Å². The minimum atomic E-state index is -1.99. The van der Waals surface area contributed by atoms with Crippen LogP contribution in [0.2, 0.25) is 0 Å². The molecule has 0 aromatic heterocycles. The summed E-state index contributed by atoms with van der Waals surface area (Å²) in [7, 11) is 0. The van der Waals surface area contributed by atoms with Crippen LogP contribution in [0.25, 0.3) is 0 Å². The summed E-state index contributed by atoms with van der Waals surface area (Å²) < 4.78 is 67.0. The number of aryl methyl sites for hydroxylation is 1. The van der Waals surface area contributed by atoms with Gasteiger partial charge in [-0.3, -0.25) is 33.6 Å². The molecule has 0 N–H and O–H groups in total. The third kappa shape index (κ3) is 54.4.